The molecule has 2 atom stereocenters. The average Bonchev–Trinajstić information content (AvgIpc) is 2.14. The fraction of sp³-hybridized carbons (Fsp3) is 0.800. The molecule has 47 valence electrons. The van der Waals surface area contributed by atoms with Gasteiger partial charge in [-0.3, -0.25) is 0 Å². The first-order chi connectivity index (χ1) is 3.84. The van der Waals surface area contributed by atoms with Crippen molar-refractivity contribution in [1.29, 1.82) is 0 Å². The van der Waals surface area contributed by atoms with Gasteiger partial charge in [-0.1, -0.05) is 0 Å². The van der Waals surface area contributed by atoms with Crippen LogP contribution in [0.25, 0.3) is 0 Å². The number of aliphatic hydroxyl groups excluding tert-OH is 1. The van der Waals surface area contributed by atoms with Gasteiger partial charge in [0.1, 0.15) is 0 Å². The molecule has 0 aromatic rings. The fourth-order valence-electron chi connectivity index (χ4n) is 0.721. The normalized spacial score (nSPS) is 38.2. The molecule has 0 saturated carbocycles. The standard InChI is InChI=1S/C5H10NO2/c6-4-1-2-8-5(4)3-7/h2,4-5,7H,1,3,6H2/t4-,5+/m0/s1. The first-order valence-corrected chi connectivity index (χ1v) is 2.68. The van der Waals surface area contributed by atoms with Gasteiger partial charge in [0, 0.05) is 6.04 Å². The summed E-state index contributed by atoms with van der Waals surface area (Å²) in [6, 6.07) is -0.000000000000000444. The number of ether oxygens (including phenoxy) is 1. The smallest absolute Gasteiger partial charge is 0.0962 e. The van der Waals surface area contributed by atoms with E-state index in [4.69, 9.17) is 15.6 Å². The van der Waals surface area contributed by atoms with Crippen molar-refractivity contribution in [3.05, 3.63) is 6.61 Å². The lowest BCUT2D eigenvalue weighted by Gasteiger charge is -2.08. The Morgan fingerprint density at radius 3 is 2.88 bits per heavy atom. The third kappa shape index (κ3) is 0.992. The summed E-state index contributed by atoms with van der Waals surface area (Å²) in [5.41, 5.74) is 5.47. The second-order valence-electron chi connectivity index (χ2n) is 1.92. The first-order valence-electron chi connectivity index (χ1n) is 2.68. The van der Waals surface area contributed by atoms with Crippen LogP contribution in [0.1, 0.15) is 6.42 Å². The van der Waals surface area contributed by atoms with E-state index in [9.17, 15) is 0 Å². The summed E-state index contributed by atoms with van der Waals surface area (Å²) >= 11 is 0. The molecule has 0 bridgehead atoms. The summed E-state index contributed by atoms with van der Waals surface area (Å²) in [6.07, 6.45) is 0.598. The molecule has 1 saturated heterocycles. The number of aliphatic hydroxyl groups is 1. The van der Waals surface area contributed by atoms with Gasteiger partial charge in [0.25, 0.3) is 0 Å². The zero-order valence-electron chi connectivity index (χ0n) is 4.58. The summed E-state index contributed by atoms with van der Waals surface area (Å²) in [4.78, 5) is 0. The van der Waals surface area contributed by atoms with Crippen LogP contribution in [0, 0.1) is 6.61 Å². The van der Waals surface area contributed by atoms with Gasteiger partial charge in [0.05, 0.1) is 19.3 Å². The van der Waals surface area contributed by atoms with Crippen molar-refractivity contribution >= 4 is 0 Å². The van der Waals surface area contributed by atoms with E-state index in [1.165, 1.54) is 0 Å². The zero-order chi connectivity index (χ0) is 5.98. The van der Waals surface area contributed by atoms with Gasteiger partial charge >= 0.3 is 0 Å². The average molecular weight is 116 g/mol. The molecule has 1 aliphatic heterocycles. The maximum Gasteiger partial charge on any atom is 0.0962 e. The van der Waals surface area contributed by atoms with E-state index in [0.29, 0.717) is 0 Å². The summed E-state index contributed by atoms with van der Waals surface area (Å²) in [5, 5.41) is 8.51. The molecule has 1 radical (unpaired) electrons. The molecule has 0 aliphatic carbocycles. The molecule has 1 heterocycles. The first kappa shape index (κ1) is 6.01. The molecular formula is C5H10NO2. The van der Waals surface area contributed by atoms with Gasteiger partial charge in [-0.05, 0) is 6.42 Å². The van der Waals surface area contributed by atoms with Crippen LogP contribution in [0.3, 0.4) is 0 Å². The third-order valence-corrected chi connectivity index (χ3v) is 1.30. The molecule has 0 aromatic carbocycles. The van der Waals surface area contributed by atoms with Gasteiger partial charge in [-0.2, -0.15) is 0 Å². The van der Waals surface area contributed by atoms with Crippen molar-refractivity contribution in [2.24, 2.45) is 5.73 Å². The minimum atomic E-state index is -0.157. The number of hydrogen-bond donors (Lipinski definition) is 2. The van der Waals surface area contributed by atoms with Gasteiger partial charge in [0.15, 0.2) is 0 Å². The summed E-state index contributed by atoms with van der Waals surface area (Å²) in [6.45, 7) is 1.67. The van der Waals surface area contributed by atoms with E-state index in [-0.39, 0.29) is 18.8 Å². The van der Waals surface area contributed by atoms with Crippen LogP contribution in [0.4, 0.5) is 0 Å². The molecule has 3 nitrogen and oxygen atoms in total. The monoisotopic (exact) mass is 116 g/mol. The maximum atomic E-state index is 8.51. The number of rotatable bonds is 1. The molecule has 0 amide bonds. The highest BCUT2D eigenvalue weighted by Gasteiger charge is 2.23. The lowest BCUT2D eigenvalue weighted by atomic mass is 10.2. The molecule has 3 heteroatoms. The van der Waals surface area contributed by atoms with Crippen LogP contribution in [-0.4, -0.2) is 23.9 Å². The van der Waals surface area contributed by atoms with Crippen LogP contribution >= 0.6 is 0 Å². The summed E-state index contributed by atoms with van der Waals surface area (Å²) in [7, 11) is 0. The SMILES string of the molecule is N[C@H]1C[CH]O[C@@H]1CO. The molecule has 0 unspecified atom stereocenters. The molecule has 1 fully saturated rings. The topological polar surface area (TPSA) is 55.5 Å². The number of nitrogens with two attached hydrogens (primary N) is 1. The fourth-order valence-corrected chi connectivity index (χ4v) is 0.721. The summed E-state index contributed by atoms with van der Waals surface area (Å²) < 4.78 is 4.91. The molecule has 0 spiro atoms. The zero-order valence-corrected chi connectivity index (χ0v) is 4.58. The molecular weight excluding hydrogens is 106 g/mol. The van der Waals surface area contributed by atoms with E-state index in [1.807, 2.05) is 0 Å². The van der Waals surface area contributed by atoms with Crippen LogP contribution in [0.15, 0.2) is 0 Å². The Labute approximate surface area is 48.4 Å². The van der Waals surface area contributed by atoms with Gasteiger partial charge in [-0.15, -0.1) is 0 Å². The minimum Gasteiger partial charge on any atom is -0.394 e. The Kier molecular flexibility index (Phi) is 1.83. The van der Waals surface area contributed by atoms with E-state index >= 15 is 0 Å². The van der Waals surface area contributed by atoms with Gasteiger partial charge < -0.3 is 15.6 Å². The minimum absolute atomic E-state index is 0.000000000000000444. The van der Waals surface area contributed by atoms with Crippen molar-refractivity contribution in [1.82, 2.24) is 0 Å². The van der Waals surface area contributed by atoms with E-state index in [1.54, 1.807) is 6.61 Å². The summed E-state index contributed by atoms with van der Waals surface area (Å²) in [5.74, 6) is 0. The quantitative estimate of drug-likeness (QED) is 0.474. The van der Waals surface area contributed by atoms with Crippen molar-refractivity contribution < 1.29 is 9.84 Å². The van der Waals surface area contributed by atoms with E-state index in [2.05, 4.69) is 0 Å². The van der Waals surface area contributed by atoms with Gasteiger partial charge in [0.2, 0.25) is 0 Å². The highest BCUT2D eigenvalue weighted by molar-refractivity contribution is 4.83. The number of hydrogen-bond acceptors (Lipinski definition) is 3. The molecule has 1 rings (SSSR count). The van der Waals surface area contributed by atoms with Crippen LogP contribution in [-0.2, 0) is 4.74 Å². The largest absolute Gasteiger partial charge is 0.394 e. The predicted molar refractivity (Wildman–Crippen MR) is 28.9 cm³/mol. The highest BCUT2D eigenvalue weighted by Crippen LogP contribution is 2.13. The second-order valence-corrected chi connectivity index (χ2v) is 1.92. The highest BCUT2D eigenvalue weighted by atomic mass is 16.5. The van der Waals surface area contributed by atoms with E-state index in [0.717, 1.165) is 6.42 Å². The van der Waals surface area contributed by atoms with Crippen molar-refractivity contribution in [3.63, 3.8) is 0 Å². The Balaban J connectivity index is 2.30. The lowest BCUT2D eigenvalue weighted by molar-refractivity contribution is 0.0788. The van der Waals surface area contributed by atoms with Crippen molar-refractivity contribution in [2.45, 2.75) is 18.6 Å². The molecule has 0 aromatic heterocycles. The molecule has 1 aliphatic rings. The maximum absolute atomic E-state index is 8.51. The van der Waals surface area contributed by atoms with E-state index < -0.39 is 0 Å². The van der Waals surface area contributed by atoms with Crippen LogP contribution in [0.5, 0.6) is 0 Å². The van der Waals surface area contributed by atoms with Gasteiger partial charge in [-0.25, -0.2) is 0 Å². The molecule has 3 N–H and O–H groups in total. The Morgan fingerprint density at radius 2 is 2.62 bits per heavy atom. The van der Waals surface area contributed by atoms with Crippen LogP contribution in [0.2, 0.25) is 0 Å². The Morgan fingerprint density at radius 1 is 1.88 bits per heavy atom. The molecule has 8 heavy (non-hydrogen) atoms. The third-order valence-electron chi connectivity index (χ3n) is 1.30. The Bertz CT molecular complexity index is 76.8. The van der Waals surface area contributed by atoms with Crippen LogP contribution < -0.4 is 5.73 Å². The van der Waals surface area contributed by atoms with Crippen molar-refractivity contribution in [2.75, 3.05) is 6.61 Å². The second kappa shape index (κ2) is 2.44. The lowest BCUT2D eigenvalue weighted by Crippen LogP contribution is -2.32. The predicted octanol–water partition coefficient (Wildman–Crippen LogP) is -0.743. The van der Waals surface area contributed by atoms with Crippen molar-refractivity contribution in [3.8, 4) is 0 Å². The Hall–Kier alpha value is -0.120.